The monoisotopic (exact) mass is 664 g/mol. The molecule has 5 aromatic rings. The molecule has 0 heterocycles. The number of benzene rings is 5. The average molecular weight is 665 g/mol. The fourth-order valence-corrected chi connectivity index (χ4v) is 4.69. The predicted octanol–water partition coefficient (Wildman–Crippen LogP) is 10.9. The summed E-state index contributed by atoms with van der Waals surface area (Å²) in [5.41, 5.74) is 1.05. The van der Waals surface area contributed by atoms with Crippen molar-refractivity contribution in [3.05, 3.63) is 143 Å². The summed E-state index contributed by atoms with van der Waals surface area (Å²) in [6.07, 6.45) is -10.2. The first-order valence-corrected chi connectivity index (χ1v) is 13.9. The maximum absolute atomic E-state index is 15.0. The zero-order chi connectivity index (χ0) is 34.1. The second kappa shape index (κ2) is 13.0. The predicted molar refractivity (Wildman–Crippen MR) is 153 cm³/mol. The Labute approximate surface area is 261 Å². The van der Waals surface area contributed by atoms with Crippen molar-refractivity contribution in [2.45, 2.75) is 32.0 Å². The fraction of sp³-hybridized carbons (Fsp3) is 0.143. The maximum Gasteiger partial charge on any atom is 0.429 e. The minimum atomic E-state index is -4.56. The van der Waals surface area contributed by atoms with E-state index in [1.54, 1.807) is 6.07 Å². The normalized spacial score (nSPS) is 11.9. The van der Waals surface area contributed by atoms with E-state index < -0.39 is 77.0 Å². The van der Waals surface area contributed by atoms with Gasteiger partial charge in [0.05, 0.1) is 6.42 Å². The Bertz CT molecular complexity index is 1900. The summed E-state index contributed by atoms with van der Waals surface area (Å²) < 4.78 is 151. The lowest BCUT2D eigenvalue weighted by Crippen LogP contribution is -2.26. The highest BCUT2D eigenvalue weighted by Crippen LogP contribution is 2.37. The molecule has 12 heteroatoms. The molecular formula is C35H22F10O2. The van der Waals surface area contributed by atoms with Gasteiger partial charge in [-0.1, -0.05) is 54.1 Å². The SMILES string of the molecule is Cc1ccc(-c2ccc(-c3ccc(CCC(F)(F)Oc4ccc(C(F)(F)Oc5cc(F)c(F)c(F)c5)c(F)c4)c(F)c3)c(F)c2)cc1. The Morgan fingerprint density at radius 1 is 0.532 bits per heavy atom. The van der Waals surface area contributed by atoms with Gasteiger partial charge in [-0.15, -0.1) is 0 Å². The molecule has 244 valence electrons. The quantitative estimate of drug-likeness (QED) is 0.109. The van der Waals surface area contributed by atoms with Gasteiger partial charge < -0.3 is 9.47 Å². The van der Waals surface area contributed by atoms with Crippen molar-refractivity contribution in [3.63, 3.8) is 0 Å². The fourth-order valence-electron chi connectivity index (χ4n) is 4.69. The molecule has 0 aliphatic rings. The van der Waals surface area contributed by atoms with Crippen molar-refractivity contribution >= 4 is 0 Å². The molecule has 0 bridgehead atoms. The molecule has 0 aliphatic carbocycles. The van der Waals surface area contributed by atoms with Crippen LogP contribution in [0, 0.1) is 41.8 Å². The third-order valence-electron chi connectivity index (χ3n) is 7.13. The van der Waals surface area contributed by atoms with Crippen LogP contribution in [0.25, 0.3) is 22.3 Å². The Kier molecular flexibility index (Phi) is 9.24. The average Bonchev–Trinajstić information content (AvgIpc) is 2.99. The largest absolute Gasteiger partial charge is 0.432 e. The van der Waals surface area contributed by atoms with Crippen molar-refractivity contribution in [3.8, 4) is 33.8 Å². The zero-order valence-electron chi connectivity index (χ0n) is 24.2. The first-order valence-electron chi connectivity index (χ1n) is 13.9. The molecular weight excluding hydrogens is 642 g/mol. The Morgan fingerprint density at radius 3 is 1.74 bits per heavy atom. The second-order valence-electron chi connectivity index (χ2n) is 10.6. The van der Waals surface area contributed by atoms with Crippen molar-refractivity contribution in [2.75, 3.05) is 0 Å². The van der Waals surface area contributed by atoms with E-state index in [1.165, 1.54) is 24.3 Å². The van der Waals surface area contributed by atoms with Crippen LogP contribution in [-0.2, 0) is 12.5 Å². The van der Waals surface area contributed by atoms with Gasteiger partial charge in [0.15, 0.2) is 17.5 Å². The van der Waals surface area contributed by atoms with Crippen LogP contribution >= 0.6 is 0 Å². The summed E-state index contributed by atoms with van der Waals surface area (Å²) in [4.78, 5) is 0. The summed E-state index contributed by atoms with van der Waals surface area (Å²) in [6.45, 7) is 1.92. The lowest BCUT2D eigenvalue weighted by molar-refractivity contribution is -0.188. The van der Waals surface area contributed by atoms with E-state index in [1.807, 2.05) is 31.2 Å². The van der Waals surface area contributed by atoms with Crippen LogP contribution in [0.1, 0.15) is 23.1 Å². The molecule has 0 unspecified atom stereocenters. The molecule has 5 rings (SSSR count). The molecule has 0 amide bonds. The van der Waals surface area contributed by atoms with Crippen LogP contribution in [-0.4, -0.2) is 6.11 Å². The highest BCUT2D eigenvalue weighted by atomic mass is 19.3. The van der Waals surface area contributed by atoms with E-state index in [0.717, 1.165) is 17.2 Å². The van der Waals surface area contributed by atoms with Gasteiger partial charge in [0.1, 0.15) is 34.5 Å². The van der Waals surface area contributed by atoms with Crippen LogP contribution < -0.4 is 9.47 Å². The molecule has 0 radical (unpaired) electrons. The lowest BCUT2D eigenvalue weighted by atomic mass is 9.97. The minimum absolute atomic E-state index is 0.0958. The van der Waals surface area contributed by atoms with E-state index in [4.69, 9.17) is 0 Å². The molecule has 0 atom stereocenters. The molecule has 2 nitrogen and oxygen atoms in total. The highest BCUT2D eigenvalue weighted by Gasteiger charge is 2.39. The highest BCUT2D eigenvalue weighted by molar-refractivity contribution is 5.71. The topological polar surface area (TPSA) is 18.5 Å². The molecule has 47 heavy (non-hydrogen) atoms. The summed E-state index contributed by atoms with van der Waals surface area (Å²) >= 11 is 0. The van der Waals surface area contributed by atoms with E-state index in [9.17, 15) is 43.9 Å². The van der Waals surface area contributed by atoms with Gasteiger partial charge in [-0.3, -0.25) is 0 Å². The van der Waals surface area contributed by atoms with Crippen LogP contribution in [0.2, 0.25) is 0 Å². The van der Waals surface area contributed by atoms with Gasteiger partial charge in [0, 0.05) is 23.8 Å². The van der Waals surface area contributed by atoms with E-state index in [0.29, 0.717) is 17.7 Å². The van der Waals surface area contributed by atoms with Gasteiger partial charge in [-0.05, 0) is 59.9 Å². The Hall–Kier alpha value is -5.00. The Balaban J connectivity index is 1.23. The van der Waals surface area contributed by atoms with Crippen molar-refractivity contribution in [1.29, 1.82) is 0 Å². The van der Waals surface area contributed by atoms with Gasteiger partial charge in [0.2, 0.25) is 0 Å². The minimum Gasteiger partial charge on any atom is -0.432 e. The Morgan fingerprint density at radius 2 is 1.13 bits per heavy atom. The molecule has 0 saturated carbocycles. The van der Waals surface area contributed by atoms with E-state index >= 15 is 0 Å². The molecule has 0 aliphatic heterocycles. The van der Waals surface area contributed by atoms with Gasteiger partial charge in [-0.25, -0.2) is 26.3 Å². The zero-order valence-corrected chi connectivity index (χ0v) is 24.2. The number of rotatable bonds is 10. The first-order chi connectivity index (χ1) is 22.1. The van der Waals surface area contributed by atoms with Crippen LogP contribution in [0.15, 0.2) is 91.0 Å². The summed E-state index contributed by atoms with van der Waals surface area (Å²) in [7, 11) is 0. The first kappa shape index (κ1) is 33.4. The van der Waals surface area contributed by atoms with E-state index in [2.05, 4.69) is 9.47 Å². The maximum atomic E-state index is 15.0. The van der Waals surface area contributed by atoms with Gasteiger partial charge in [-0.2, -0.15) is 17.6 Å². The van der Waals surface area contributed by atoms with Crippen LogP contribution in [0.4, 0.5) is 43.9 Å². The summed E-state index contributed by atoms with van der Waals surface area (Å²) in [5.74, 6) is -10.9. The summed E-state index contributed by atoms with van der Waals surface area (Å²) in [5, 5.41) is 0. The van der Waals surface area contributed by atoms with Crippen LogP contribution in [0.3, 0.4) is 0 Å². The number of alkyl halides is 4. The number of halogens is 10. The third-order valence-corrected chi connectivity index (χ3v) is 7.13. The number of hydrogen-bond acceptors (Lipinski definition) is 2. The standard InChI is InChI=1S/C35H22F10O2/c1-19-2-4-20(5-3-19)22-8-10-26(29(37)14-22)23-7-6-21(28(36)15-23)12-13-34(42,43)46-24-9-11-27(30(38)16-24)35(44,45)47-25-17-31(39)33(41)32(40)18-25/h2-11,14-18H,12-13H2,1H3. The van der Waals surface area contributed by atoms with Crippen molar-refractivity contribution in [2.24, 2.45) is 0 Å². The molecule has 0 N–H and O–H groups in total. The smallest absolute Gasteiger partial charge is 0.429 e. The molecule has 0 spiro atoms. The van der Waals surface area contributed by atoms with Crippen LogP contribution in [0.5, 0.6) is 11.5 Å². The van der Waals surface area contributed by atoms with Crippen molar-refractivity contribution < 1.29 is 53.4 Å². The van der Waals surface area contributed by atoms with Gasteiger partial charge >= 0.3 is 12.2 Å². The molecule has 0 fully saturated rings. The molecule has 5 aromatic carbocycles. The number of aryl methyl sites for hydroxylation is 2. The third kappa shape index (κ3) is 7.70. The van der Waals surface area contributed by atoms with E-state index in [-0.39, 0.29) is 34.9 Å². The number of ether oxygens (including phenoxy) is 2. The van der Waals surface area contributed by atoms with Gasteiger partial charge in [0.25, 0.3) is 0 Å². The second-order valence-corrected chi connectivity index (χ2v) is 10.6. The lowest BCUT2D eigenvalue weighted by Gasteiger charge is -2.21. The summed E-state index contributed by atoms with van der Waals surface area (Å²) in [6, 6.07) is 16.8. The van der Waals surface area contributed by atoms with Crippen molar-refractivity contribution in [1.82, 2.24) is 0 Å². The number of hydrogen-bond donors (Lipinski definition) is 0. The molecule has 0 saturated heterocycles. The molecule has 0 aromatic heterocycles.